The molecule has 0 heterocycles. The van der Waals surface area contributed by atoms with Gasteiger partial charge in [-0.15, -0.1) is 0 Å². The maximum atomic E-state index is 5.96. The standard InChI is InChI=1S/C19H38O3/c1-6-20-17(5)19-9-7-8-18(14-19)11-13-22-16(4)10-12-21-15(2)3/h15-19H,6-14H2,1-5H3. The van der Waals surface area contributed by atoms with E-state index >= 15 is 0 Å². The largest absolute Gasteiger partial charge is 0.379 e. The minimum atomic E-state index is 0.306. The third-order valence-corrected chi connectivity index (χ3v) is 4.82. The second kappa shape index (κ2) is 11.4. The lowest BCUT2D eigenvalue weighted by molar-refractivity contribution is -0.00426. The molecule has 1 saturated carbocycles. The van der Waals surface area contributed by atoms with E-state index in [4.69, 9.17) is 14.2 Å². The lowest BCUT2D eigenvalue weighted by atomic mass is 9.78. The summed E-state index contributed by atoms with van der Waals surface area (Å²) in [6.45, 7) is 13.2. The van der Waals surface area contributed by atoms with E-state index in [-0.39, 0.29) is 0 Å². The maximum absolute atomic E-state index is 5.96. The molecule has 1 aliphatic carbocycles. The van der Waals surface area contributed by atoms with Gasteiger partial charge in [0.05, 0.1) is 18.3 Å². The van der Waals surface area contributed by atoms with Crippen LogP contribution in [0.2, 0.25) is 0 Å². The highest BCUT2D eigenvalue weighted by atomic mass is 16.5. The Morgan fingerprint density at radius 2 is 1.73 bits per heavy atom. The van der Waals surface area contributed by atoms with E-state index in [1.807, 2.05) is 0 Å². The fourth-order valence-electron chi connectivity index (χ4n) is 3.41. The van der Waals surface area contributed by atoms with E-state index < -0.39 is 0 Å². The topological polar surface area (TPSA) is 27.7 Å². The Labute approximate surface area is 138 Å². The molecule has 0 N–H and O–H groups in total. The first-order valence-electron chi connectivity index (χ1n) is 9.37. The van der Waals surface area contributed by atoms with Crippen LogP contribution >= 0.6 is 0 Å². The van der Waals surface area contributed by atoms with Gasteiger partial charge in [0.2, 0.25) is 0 Å². The average molecular weight is 315 g/mol. The summed E-state index contributed by atoms with van der Waals surface area (Å²) < 4.78 is 17.3. The van der Waals surface area contributed by atoms with Gasteiger partial charge in [-0.2, -0.15) is 0 Å². The van der Waals surface area contributed by atoms with Gasteiger partial charge in [0.25, 0.3) is 0 Å². The normalized spacial score (nSPS) is 25.4. The molecule has 1 aliphatic rings. The van der Waals surface area contributed by atoms with Crippen molar-refractivity contribution in [2.45, 2.75) is 91.5 Å². The van der Waals surface area contributed by atoms with Crippen LogP contribution in [0.4, 0.5) is 0 Å². The van der Waals surface area contributed by atoms with Gasteiger partial charge in [-0.1, -0.05) is 12.8 Å². The molecule has 0 aromatic rings. The van der Waals surface area contributed by atoms with Gasteiger partial charge < -0.3 is 14.2 Å². The zero-order chi connectivity index (χ0) is 16.4. The summed E-state index contributed by atoms with van der Waals surface area (Å²) in [5, 5.41) is 0. The van der Waals surface area contributed by atoms with Crippen molar-refractivity contribution in [2.24, 2.45) is 11.8 Å². The summed E-state index contributed by atoms with van der Waals surface area (Å²) in [6.07, 6.45) is 8.60. The van der Waals surface area contributed by atoms with Gasteiger partial charge in [-0.3, -0.25) is 0 Å². The first-order valence-corrected chi connectivity index (χ1v) is 9.37. The van der Waals surface area contributed by atoms with Gasteiger partial charge in [0.1, 0.15) is 0 Å². The van der Waals surface area contributed by atoms with Crippen molar-refractivity contribution < 1.29 is 14.2 Å². The monoisotopic (exact) mass is 314 g/mol. The smallest absolute Gasteiger partial charge is 0.0575 e. The van der Waals surface area contributed by atoms with E-state index in [0.29, 0.717) is 18.3 Å². The van der Waals surface area contributed by atoms with Crippen molar-refractivity contribution in [3.63, 3.8) is 0 Å². The van der Waals surface area contributed by atoms with Crippen LogP contribution in [0.15, 0.2) is 0 Å². The number of rotatable bonds is 11. The Morgan fingerprint density at radius 3 is 2.41 bits per heavy atom. The summed E-state index contributed by atoms with van der Waals surface area (Å²) in [5.41, 5.74) is 0. The van der Waals surface area contributed by atoms with Gasteiger partial charge in [-0.25, -0.2) is 0 Å². The second-order valence-electron chi connectivity index (χ2n) is 7.13. The Bertz CT molecular complexity index is 267. The SMILES string of the molecule is CCOC(C)C1CCCC(CCOC(C)CCOC(C)C)C1. The summed E-state index contributed by atoms with van der Waals surface area (Å²) in [5.74, 6) is 1.57. The molecular weight excluding hydrogens is 276 g/mol. The maximum Gasteiger partial charge on any atom is 0.0575 e. The van der Waals surface area contributed by atoms with Crippen molar-refractivity contribution in [2.75, 3.05) is 19.8 Å². The van der Waals surface area contributed by atoms with Crippen molar-refractivity contribution in [1.82, 2.24) is 0 Å². The molecule has 4 atom stereocenters. The average Bonchev–Trinajstić information content (AvgIpc) is 2.47. The van der Waals surface area contributed by atoms with E-state index in [1.165, 1.54) is 32.1 Å². The Balaban J connectivity index is 2.13. The zero-order valence-corrected chi connectivity index (χ0v) is 15.5. The molecule has 3 nitrogen and oxygen atoms in total. The first-order chi connectivity index (χ1) is 10.5. The minimum Gasteiger partial charge on any atom is -0.379 e. The highest BCUT2D eigenvalue weighted by Gasteiger charge is 2.26. The quantitative estimate of drug-likeness (QED) is 0.547. The molecular formula is C19H38O3. The van der Waals surface area contributed by atoms with Gasteiger partial charge in [-0.05, 0) is 72.1 Å². The van der Waals surface area contributed by atoms with Gasteiger partial charge in [0, 0.05) is 19.8 Å². The molecule has 0 aromatic heterocycles. The molecule has 1 rings (SSSR count). The van der Waals surface area contributed by atoms with E-state index in [0.717, 1.165) is 38.1 Å². The molecule has 0 aromatic carbocycles. The molecule has 0 radical (unpaired) electrons. The molecule has 3 heteroatoms. The van der Waals surface area contributed by atoms with Crippen LogP contribution in [0.3, 0.4) is 0 Å². The molecule has 1 fully saturated rings. The third kappa shape index (κ3) is 8.50. The summed E-state index contributed by atoms with van der Waals surface area (Å²) >= 11 is 0. The van der Waals surface area contributed by atoms with Crippen LogP contribution in [0, 0.1) is 11.8 Å². The molecule has 0 aliphatic heterocycles. The van der Waals surface area contributed by atoms with Crippen LogP contribution in [0.5, 0.6) is 0 Å². The lowest BCUT2D eigenvalue weighted by Gasteiger charge is -2.33. The summed E-state index contributed by atoms with van der Waals surface area (Å²) in [7, 11) is 0. The fourth-order valence-corrected chi connectivity index (χ4v) is 3.41. The molecule has 0 saturated heterocycles. The summed E-state index contributed by atoms with van der Waals surface area (Å²) in [6, 6.07) is 0. The Kier molecular flexibility index (Phi) is 10.3. The van der Waals surface area contributed by atoms with Crippen LogP contribution < -0.4 is 0 Å². The van der Waals surface area contributed by atoms with Crippen molar-refractivity contribution in [1.29, 1.82) is 0 Å². The van der Waals surface area contributed by atoms with Crippen LogP contribution in [0.25, 0.3) is 0 Å². The number of hydrogen-bond acceptors (Lipinski definition) is 3. The molecule has 132 valence electrons. The Morgan fingerprint density at radius 1 is 0.955 bits per heavy atom. The number of hydrogen-bond donors (Lipinski definition) is 0. The van der Waals surface area contributed by atoms with Crippen LogP contribution in [0.1, 0.15) is 73.1 Å². The molecule has 0 spiro atoms. The van der Waals surface area contributed by atoms with Crippen molar-refractivity contribution in [3.05, 3.63) is 0 Å². The van der Waals surface area contributed by atoms with Crippen molar-refractivity contribution in [3.8, 4) is 0 Å². The van der Waals surface area contributed by atoms with E-state index in [1.54, 1.807) is 0 Å². The molecule has 22 heavy (non-hydrogen) atoms. The molecule has 0 bridgehead atoms. The van der Waals surface area contributed by atoms with Crippen LogP contribution in [-0.2, 0) is 14.2 Å². The van der Waals surface area contributed by atoms with Gasteiger partial charge >= 0.3 is 0 Å². The fraction of sp³-hybridized carbons (Fsp3) is 1.00. The molecule has 4 unspecified atom stereocenters. The lowest BCUT2D eigenvalue weighted by Crippen LogP contribution is -2.27. The highest BCUT2D eigenvalue weighted by Crippen LogP contribution is 2.34. The van der Waals surface area contributed by atoms with Crippen molar-refractivity contribution >= 4 is 0 Å². The number of ether oxygens (including phenoxy) is 3. The predicted octanol–water partition coefficient (Wildman–Crippen LogP) is 4.83. The van der Waals surface area contributed by atoms with Crippen LogP contribution in [-0.4, -0.2) is 38.1 Å². The minimum absolute atomic E-state index is 0.306. The van der Waals surface area contributed by atoms with Gasteiger partial charge in [0.15, 0.2) is 0 Å². The van der Waals surface area contributed by atoms with E-state index in [9.17, 15) is 0 Å². The Hall–Kier alpha value is -0.120. The predicted molar refractivity (Wildman–Crippen MR) is 92.3 cm³/mol. The highest BCUT2D eigenvalue weighted by molar-refractivity contribution is 4.77. The molecule has 0 amide bonds. The zero-order valence-electron chi connectivity index (χ0n) is 15.5. The summed E-state index contributed by atoms with van der Waals surface area (Å²) in [4.78, 5) is 0. The second-order valence-corrected chi connectivity index (χ2v) is 7.13. The first kappa shape index (κ1) is 19.9. The van der Waals surface area contributed by atoms with E-state index in [2.05, 4.69) is 34.6 Å². The third-order valence-electron chi connectivity index (χ3n) is 4.82.